The van der Waals surface area contributed by atoms with E-state index in [1.807, 2.05) is 24.3 Å². The largest absolute Gasteiger partial charge is 0.392 e. The maximum Gasteiger partial charge on any atom is 0.0681 e. The summed E-state index contributed by atoms with van der Waals surface area (Å²) in [5, 5.41) is 18.3. The Balaban J connectivity index is 1.93. The van der Waals surface area contributed by atoms with E-state index in [2.05, 4.69) is 4.90 Å². The second-order valence-corrected chi connectivity index (χ2v) is 4.15. The average molecular weight is 207 g/mol. The van der Waals surface area contributed by atoms with E-state index < -0.39 is 0 Å². The Hall–Kier alpha value is -0.900. The number of nitrogens with zero attached hydrogens (tertiary/aromatic N) is 1. The molecule has 3 heteroatoms. The molecule has 0 bridgehead atoms. The average Bonchev–Trinajstić information content (AvgIpc) is 2.65. The van der Waals surface area contributed by atoms with Gasteiger partial charge in [-0.05, 0) is 17.5 Å². The molecule has 0 radical (unpaired) electrons. The summed E-state index contributed by atoms with van der Waals surface area (Å²) in [6, 6.07) is 7.97. The highest BCUT2D eigenvalue weighted by atomic mass is 16.3. The van der Waals surface area contributed by atoms with Gasteiger partial charge in [-0.15, -0.1) is 0 Å². The van der Waals surface area contributed by atoms with Crippen molar-refractivity contribution in [1.29, 1.82) is 0 Å². The third kappa shape index (κ3) is 2.78. The summed E-state index contributed by atoms with van der Waals surface area (Å²) in [7, 11) is 0. The number of aliphatic hydroxyl groups is 2. The van der Waals surface area contributed by atoms with Crippen LogP contribution in [0.4, 0.5) is 0 Å². The van der Waals surface area contributed by atoms with Crippen molar-refractivity contribution in [3.63, 3.8) is 0 Å². The number of β-amino-alcohol motifs (C(OH)–C–C–N with tert-alkyl or cyclic N) is 1. The molecule has 1 heterocycles. The number of rotatable bonds is 3. The summed E-state index contributed by atoms with van der Waals surface area (Å²) in [4.78, 5) is 2.25. The lowest BCUT2D eigenvalue weighted by Crippen LogP contribution is -2.21. The molecule has 1 aromatic rings. The molecule has 0 spiro atoms. The van der Waals surface area contributed by atoms with Crippen LogP contribution in [0.15, 0.2) is 24.3 Å². The molecule has 1 saturated heterocycles. The molecule has 1 atom stereocenters. The van der Waals surface area contributed by atoms with Gasteiger partial charge in [0.05, 0.1) is 12.7 Å². The Morgan fingerprint density at radius 3 is 2.40 bits per heavy atom. The van der Waals surface area contributed by atoms with Crippen LogP contribution in [0, 0.1) is 0 Å². The smallest absolute Gasteiger partial charge is 0.0681 e. The molecular formula is C12H17NO2. The molecule has 1 unspecified atom stereocenters. The summed E-state index contributed by atoms with van der Waals surface area (Å²) in [5.41, 5.74) is 2.18. The molecule has 1 aromatic carbocycles. The standard InChI is InChI=1S/C12H17NO2/c14-9-11-3-1-10(2-4-11)7-13-6-5-12(15)8-13/h1-4,12,14-15H,5-9H2. The summed E-state index contributed by atoms with van der Waals surface area (Å²) in [6.45, 7) is 2.75. The predicted octanol–water partition coefficient (Wildman–Crippen LogP) is 0.746. The van der Waals surface area contributed by atoms with Crippen LogP contribution in [0.25, 0.3) is 0 Å². The van der Waals surface area contributed by atoms with Crippen LogP contribution in [0.2, 0.25) is 0 Å². The number of benzene rings is 1. The quantitative estimate of drug-likeness (QED) is 0.768. The molecule has 1 aliphatic heterocycles. The van der Waals surface area contributed by atoms with Crippen molar-refractivity contribution in [3.8, 4) is 0 Å². The van der Waals surface area contributed by atoms with Crippen LogP contribution in [-0.2, 0) is 13.2 Å². The van der Waals surface area contributed by atoms with Gasteiger partial charge in [-0.2, -0.15) is 0 Å². The Morgan fingerprint density at radius 2 is 1.87 bits per heavy atom. The van der Waals surface area contributed by atoms with Gasteiger partial charge in [0.25, 0.3) is 0 Å². The number of hydrogen-bond donors (Lipinski definition) is 2. The summed E-state index contributed by atoms with van der Waals surface area (Å²) >= 11 is 0. The second kappa shape index (κ2) is 4.75. The minimum absolute atomic E-state index is 0.0999. The first-order valence-electron chi connectivity index (χ1n) is 5.37. The first-order chi connectivity index (χ1) is 7.28. The van der Waals surface area contributed by atoms with Crippen molar-refractivity contribution < 1.29 is 10.2 Å². The monoisotopic (exact) mass is 207 g/mol. The highest BCUT2D eigenvalue weighted by Gasteiger charge is 2.19. The van der Waals surface area contributed by atoms with Crippen molar-refractivity contribution in [3.05, 3.63) is 35.4 Å². The van der Waals surface area contributed by atoms with Gasteiger partial charge < -0.3 is 10.2 Å². The van der Waals surface area contributed by atoms with E-state index in [1.165, 1.54) is 5.56 Å². The van der Waals surface area contributed by atoms with E-state index >= 15 is 0 Å². The first-order valence-corrected chi connectivity index (χ1v) is 5.37. The van der Waals surface area contributed by atoms with Crippen LogP contribution < -0.4 is 0 Å². The number of aliphatic hydroxyl groups excluding tert-OH is 2. The van der Waals surface area contributed by atoms with E-state index in [-0.39, 0.29) is 12.7 Å². The van der Waals surface area contributed by atoms with Crippen molar-refractivity contribution >= 4 is 0 Å². The van der Waals surface area contributed by atoms with Crippen LogP contribution >= 0.6 is 0 Å². The molecule has 15 heavy (non-hydrogen) atoms. The minimum atomic E-state index is -0.151. The van der Waals surface area contributed by atoms with E-state index in [4.69, 9.17) is 5.11 Å². The normalized spacial score (nSPS) is 22.1. The maximum atomic E-state index is 9.39. The molecule has 82 valence electrons. The van der Waals surface area contributed by atoms with Crippen molar-refractivity contribution in [1.82, 2.24) is 4.90 Å². The third-order valence-corrected chi connectivity index (χ3v) is 2.86. The van der Waals surface area contributed by atoms with E-state index in [1.54, 1.807) is 0 Å². The van der Waals surface area contributed by atoms with Crippen LogP contribution in [-0.4, -0.2) is 34.3 Å². The number of hydrogen-bond acceptors (Lipinski definition) is 3. The van der Waals surface area contributed by atoms with Gasteiger partial charge >= 0.3 is 0 Å². The Labute approximate surface area is 90.0 Å². The molecule has 0 saturated carbocycles. The van der Waals surface area contributed by atoms with Crippen molar-refractivity contribution in [2.24, 2.45) is 0 Å². The molecule has 2 N–H and O–H groups in total. The van der Waals surface area contributed by atoms with Gasteiger partial charge in [0.15, 0.2) is 0 Å². The van der Waals surface area contributed by atoms with Crippen molar-refractivity contribution in [2.75, 3.05) is 13.1 Å². The van der Waals surface area contributed by atoms with E-state index in [0.29, 0.717) is 0 Å². The third-order valence-electron chi connectivity index (χ3n) is 2.86. The summed E-state index contributed by atoms with van der Waals surface area (Å²) in [6.07, 6.45) is 0.732. The van der Waals surface area contributed by atoms with Crippen LogP contribution in [0.1, 0.15) is 17.5 Å². The Kier molecular flexibility index (Phi) is 3.36. The van der Waals surface area contributed by atoms with Crippen LogP contribution in [0.3, 0.4) is 0 Å². The van der Waals surface area contributed by atoms with Gasteiger partial charge in [0, 0.05) is 19.6 Å². The predicted molar refractivity (Wildman–Crippen MR) is 58.3 cm³/mol. The fraction of sp³-hybridized carbons (Fsp3) is 0.500. The molecular weight excluding hydrogens is 190 g/mol. The van der Waals surface area contributed by atoms with E-state index in [0.717, 1.165) is 31.6 Å². The molecule has 0 amide bonds. The first kappa shape index (κ1) is 10.6. The lowest BCUT2D eigenvalue weighted by molar-refractivity contribution is 0.175. The fourth-order valence-electron chi connectivity index (χ4n) is 1.96. The SMILES string of the molecule is OCc1ccc(CN2CCC(O)C2)cc1. The van der Waals surface area contributed by atoms with Gasteiger partial charge in [-0.25, -0.2) is 0 Å². The zero-order valence-corrected chi connectivity index (χ0v) is 8.76. The lowest BCUT2D eigenvalue weighted by atomic mass is 10.1. The molecule has 1 aliphatic rings. The Bertz CT molecular complexity index is 310. The maximum absolute atomic E-state index is 9.39. The highest BCUT2D eigenvalue weighted by Crippen LogP contribution is 2.13. The topological polar surface area (TPSA) is 43.7 Å². The molecule has 0 aliphatic carbocycles. The van der Waals surface area contributed by atoms with Crippen LogP contribution in [0.5, 0.6) is 0 Å². The zero-order valence-electron chi connectivity index (χ0n) is 8.76. The second-order valence-electron chi connectivity index (χ2n) is 4.15. The van der Waals surface area contributed by atoms with Gasteiger partial charge in [0.1, 0.15) is 0 Å². The zero-order chi connectivity index (χ0) is 10.7. The summed E-state index contributed by atoms with van der Waals surface area (Å²) < 4.78 is 0. The molecule has 1 fully saturated rings. The molecule has 2 rings (SSSR count). The fourth-order valence-corrected chi connectivity index (χ4v) is 1.96. The molecule has 0 aromatic heterocycles. The van der Waals surface area contributed by atoms with Gasteiger partial charge in [0.2, 0.25) is 0 Å². The number of likely N-dealkylation sites (tertiary alicyclic amines) is 1. The van der Waals surface area contributed by atoms with Gasteiger partial charge in [-0.3, -0.25) is 4.90 Å². The minimum Gasteiger partial charge on any atom is -0.392 e. The lowest BCUT2D eigenvalue weighted by Gasteiger charge is -2.14. The Morgan fingerprint density at radius 1 is 1.20 bits per heavy atom. The van der Waals surface area contributed by atoms with E-state index in [9.17, 15) is 5.11 Å². The summed E-state index contributed by atoms with van der Waals surface area (Å²) in [5.74, 6) is 0. The van der Waals surface area contributed by atoms with Crippen molar-refractivity contribution in [2.45, 2.75) is 25.7 Å². The van der Waals surface area contributed by atoms with Gasteiger partial charge in [-0.1, -0.05) is 24.3 Å². The highest BCUT2D eigenvalue weighted by molar-refractivity contribution is 5.21. The molecule has 3 nitrogen and oxygen atoms in total.